The number of hydrogen-bond acceptors (Lipinski definition) is 3. The zero-order valence-corrected chi connectivity index (χ0v) is 12.4. The smallest absolute Gasteiger partial charge is 0.253 e. The second-order valence-corrected chi connectivity index (χ2v) is 6.17. The van der Waals surface area contributed by atoms with Gasteiger partial charge in [0.05, 0.1) is 11.1 Å². The van der Waals surface area contributed by atoms with Gasteiger partial charge in [0.1, 0.15) is 11.9 Å². The van der Waals surface area contributed by atoms with E-state index in [2.05, 4.69) is 15.6 Å². The molecule has 2 N–H and O–H groups in total. The van der Waals surface area contributed by atoms with Crippen LogP contribution in [0.5, 0.6) is 0 Å². The van der Waals surface area contributed by atoms with Crippen LogP contribution >= 0.6 is 0 Å². The Morgan fingerprint density at radius 2 is 2.09 bits per heavy atom. The number of nitrogens with one attached hydrogen (secondary N) is 2. The Morgan fingerprint density at radius 3 is 2.78 bits per heavy atom. The molecule has 118 valence electrons. The summed E-state index contributed by atoms with van der Waals surface area (Å²) in [7, 11) is 0. The number of carbonyl (C=O) groups excluding carboxylic acids is 2. The van der Waals surface area contributed by atoms with E-state index in [-0.39, 0.29) is 17.6 Å². The van der Waals surface area contributed by atoms with Crippen LogP contribution in [0, 0.1) is 5.82 Å². The first-order valence-electron chi connectivity index (χ1n) is 7.79. The van der Waals surface area contributed by atoms with Crippen LogP contribution in [0.1, 0.15) is 41.1 Å². The molecule has 1 aromatic carbocycles. The van der Waals surface area contributed by atoms with Crippen LogP contribution < -0.4 is 10.6 Å². The topological polar surface area (TPSA) is 71.1 Å². The zero-order valence-electron chi connectivity index (χ0n) is 12.4. The first-order chi connectivity index (χ1) is 11.1. The van der Waals surface area contributed by atoms with Crippen LogP contribution in [0.4, 0.5) is 4.39 Å². The van der Waals surface area contributed by atoms with Crippen molar-refractivity contribution in [3.8, 4) is 0 Å². The first-order valence-corrected chi connectivity index (χ1v) is 7.79. The normalized spacial score (nSPS) is 20.6. The SMILES string of the molecule is O=C(N[C@H]1CCNC1=O)c1cnc2cc(C3CC3)c(F)cc2c1. The molecule has 4 rings (SSSR count). The van der Waals surface area contributed by atoms with E-state index in [1.807, 2.05) is 0 Å². The molecule has 23 heavy (non-hydrogen) atoms. The van der Waals surface area contributed by atoms with Gasteiger partial charge in [-0.3, -0.25) is 14.6 Å². The van der Waals surface area contributed by atoms with Crippen molar-refractivity contribution < 1.29 is 14.0 Å². The van der Waals surface area contributed by atoms with Gasteiger partial charge in [0.15, 0.2) is 0 Å². The van der Waals surface area contributed by atoms with E-state index in [0.717, 1.165) is 12.8 Å². The number of hydrogen-bond donors (Lipinski definition) is 2. The van der Waals surface area contributed by atoms with E-state index >= 15 is 0 Å². The summed E-state index contributed by atoms with van der Waals surface area (Å²) in [5.74, 6) is -0.472. The van der Waals surface area contributed by atoms with Gasteiger partial charge in [0.2, 0.25) is 5.91 Å². The average Bonchev–Trinajstić information content (AvgIpc) is 3.30. The molecule has 0 unspecified atom stereocenters. The zero-order chi connectivity index (χ0) is 16.0. The summed E-state index contributed by atoms with van der Waals surface area (Å²) in [6, 6.07) is 4.32. The lowest BCUT2D eigenvalue weighted by Crippen LogP contribution is -2.40. The number of nitrogens with zero attached hydrogens (tertiary/aromatic N) is 1. The maximum Gasteiger partial charge on any atom is 0.253 e. The van der Waals surface area contributed by atoms with E-state index in [4.69, 9.17) is 0 Å². The van der Waals surface area contributed by atoms with Crippen molar-refractivity contribution in [1.29, 1.82) is 0 Å². The quantitative estimate of drug-likeness (QED) is 0.909. The van der Waals surface area contributed by atoms with Crippen LogP contribution in [0.25, 0.3) is 10.9 Å². The van der Waals surface area contributed by atoms with Gasteiger partial charge in [-0.15, -0.1) is 0 Å². The fourth-order valence-electron chi connectivity index (χ4n) is 2.97. The van der Waals surface area contributed by atoms with Crippen LogP contribution in [-0.2, 0) is 4.79 Å². The molecule has 1 aromatic heterocycles. The van der Waals surface area contributed by atoms with E-state index < -0.39 is 6.04 Å². The van der Waals surface area contributed by atoms with Crippen molar-refractivity contribution in [2.45, 2.75) is 31.2 Å². The third-order valence-corrected chi connectivity index (χ3v) is 4.43. The summed E-state index contributed by atoms with van der Waals surface area (Å²) in [6.07, 6.45) is 4.09. The maximum absolute atomic E-state index is 14.1. The third kappa shape index (κ3) is 2.65. The molecule has 0 radical (unpaired) electrons. The lowest BCUT2D eigenvalue weighted by molar-refractivity contribution is -0.120. The molecule has 2 fully saturated rings. The molecule has 1 saturated carbocycles. The highest BCUT2D eigenvalue weighted by molar-refractivity contribution is 6.00. The predicted molar refractivity (Wildman–Crippen MR) is 82.6 cm³/mol. The summed E-state index contributed by atoms with van der Waals surface area (Å²) in [5, 5.41) is 5.94. The minimum absolute atomic E-state index is 0.174. The van der Waals surface area contributed by atoms with Crippen LogP contribution in [0.2, 0.25) is 0 Å². The van der Waals surface area contributed by atoms with Gasteiger partial charge >= 0.3 is 0 Å². The van der Waals surface area contributed by atoms with Crippen molar-refractivity contribution in [2.24, 2.45) is 0 Å². The van der Waals surface area contributed by atoms with Crippen molar-refractivity contribution >= 4 is 22.7 Å². The minimum Gasteiger partial charge on any atom is -0.354 e. The standard InChI is InChI=1S/C17H16FN3O2/c18-13-6-10-5-11(16(22)21-14-3-4-19-17(14)23)8-20-15(10)7-12(13)9-1-2-9/h5-9,14H,1-4H2,(H,19,23)(H,21,22)/t14-/m0/s1. The lowest BCUT2D eigenvalue weighted by atomic mass is 10.1. The van der Waals surface area contributed by atoms with E-state index in [0.29, 0.717) is 40.9 Å². The Labute approximate surface area is 132 Å². The first kappa shape index (κ1) is 14.1. The molecule has 2 heterocycles. The van der Waals surface area contributed by atoms with E-state index in [9.17, 15) is 14.0 Å². The summed E-state index contributed by atoms with van der Waals surface area (Å²) in [6.45, 7) is 0.564. The van der Waals surface area contributed by atoms with Gasteiger partial charge in [-0.1, -0.05) is 0 Å². The predicted octanol–water partition coefficient (Wildman–Crippen LogP) is 1.87. The highest BCUT2D eigenvalue weighted by Gasteiger charge is 2.28. The van der Waals surface area contributed by atoms with Crippen LogP contribution in [0.15, 0.2) is 24.4 Å². The number of halogens is 1. The van der Waals surface area contributed by atoms with Gasteiger partial charge in [-0.2, -0.15) is 0 Å². The largest absolute Gasteiger partial charge is 0.354 e. The highest BCUT2D eigenvalue weighted by atomic mass is 19.1. The van der Waals surface area contributed by atoms with Gasteiger partial charge < -0.3 is 10.6 Å². The van der Waals surface area contributed by atoms with Gasteiger partial charge in [0, 0.05) is 18.1 Å². The summed E-state index contributed by atoms with van der Waals surface area (Å²) < 4.78 is 14.1. The molecule has 1 aliphatic heterocycles. The molecule has 1 saturated heterocycles. The van der Waals surface area contributed by atoms with E-state index in [1.54, 1.807) is 12.1 Å². The summed E-state index contributed by atoms with van der Waals surface area (Å²) in [4.78, 5) is 28.0. The molecular weight excluding hydrogens is 297 g/mol. The molecule has 2 amide bonds. The molecule has 2 aliphatic rings. The van der Waals surface area contributed by atoms with Crippen LogP contribution in [-0.4, -0.2) is 29.4 Å². The second-order valence-electron chi connectivity index (χ2n) is 6.17. The van der Waals surface area contributed by atoms with Crippen molar-refractivity contribution in [2.75, 3.05) is 6.54 Å². The number of benzene rings is 1. The Kier molecular flexibility index (Phi) is 3.25. The molecule has 5 nitrogen and oxygen atoms in total. The second kappa shape index (κ2) is 5.30. The molecule has 0 spiro atoms. The van der Waals surface area contributed by atoms with Gasteiger partial charge in [0.25, 0.3) is 5.91 Å². The monoisotopic (exact) mass is 313 g/mol. The Morgan fingerprint density at radius 1 is 1.26 bits per heavy atom. The Hall–Kier alpha value is -2.50. The number of amides is 2. The molecule has 6 heteroatoms. The summed E-state index contributed by atoms with van der Waals surface area (Å²) >= 11 is 0. The van der Waals surface area contributed by atoms with Crippen molar-refractivity contribution in [3.05, 3.63) is 41.3 Å². The van der Waals surface area contributed by atoms with Crippen molar-refractivity contribution in [3.63, 3.8) is 0 Å². The number of rotatable bonds is 3. The number of pyridine rings is 1. The fourth-order valence-corrected chi connectivity index (χ4v) is 2.97. The highest BCUT2D eigenvalue weighted by Crippen LogP contribution is 2.42. The number of aromatic nitrogens is 1. The Balaban J connectivity index is 1.61. The molecular formula is C17H16FN3O2. The molecule has 1 aliphatic carbocycles. The lowest BCUT2D eigenvalue weighted by Gasteiger charge is -2.10. The maximum atomic E-state index is 14.1. The van der Waals surface area contributed by atoms with Crippen LogP contribution in [0.3, 0.4) is 0 Å². The molecule has 1 atom stereocenters. The number of fused-ring (bicyclic) bond motifs is 1. The van der Waals surface area contributed by atoms with Gasteiger partial charge in [-0.25, -0.2) is 4.39 Å². The number of carbonyl (C=O) groups is 2. The van der Waals surface area contributed by atoms with Gasteiger partial charge in [-0.05, 0) is 48.9 Å². The Bertz CT molecular complexity index is 817. The van der Waals surface area contributed by atoms with Crippen molar-refractivity contribution in [1.82, 2.24) is 15.6 Å². The summed E-state index contributed by atoms with van der Waals surface area (Å²) in [5.41, 5.74) is 1.73. The average molecular weight is 313 g/mol. The molecule has 0 bridgehead atoms. The molecule has 2 aromatic rings. The minimum atomic E-state index is -0.507. The van der Waals surface area contributed by atoms with E-state index in [1.165, 1.54) is 12.3 Å². The third-order valence-electron chi connectivity index (χ3n) is 4.43. The fraction of sp³-hybridized carbons (Fsp3) is 0.353.